The molecule has 0 bridgehead atoms. The molecule has 3 atom stereocenters. The summed E-state index contributed by atoms with van der Waals surface area (Å²) in [7, 11) is 1.76. The first kappa shape index (κ1) is 24.9. The third-order valence-electron chi connectivity index (χ3n) is 7.83. The van der Waals surface area contributed by atoms with Crippen LogP contribution in [-0.4, -0.2) is 54.4 Å². The maximum Gasteiger partial charge on any atom is 0.252 e. The van der Waals surface area contributed by atoms with Crippen LogP contribution in [0, 0.1) is 18.3 Å². The zero-order chi connectivity index (χ0) is 26.3. The SMILES string of the molecule is CC[C@H]1CN(C(C)c2ccc3nc(C)cnc3c2)[C@H](CC)CN1c1cc(=O)n(C)c2cn(CC#N)nc12. The molecule has 1 unspecified atom stereocenters. The van der Waals surface area contributed by atoms with E-state index in [9.17, 15) is 10.1 Å². The summed E-state index contributed by atoms with van der Waals surface area (Å²) < 4.78 is 3.23. The highest BCUT2D eigenvalue weighted by molar-refractivity contribution is 5.88. The van der Waals surface area contributed by atoms with E-state index in [0.29, 0.717) is 6.04 Å². The molecule has 1 aromatic carbocycles. The Labute approximate surface area is 217 Å². The Bertz CT molecular complexity index is 1550. The summed E-state index contributed by atoms with van der Waals surface area (Å²) in [5, 5.41) is 13.9. The molecule has 0 spiro atoms. The Morgan fingerprint density at radius 1 is 1.14 bits per heavy atom. The Morgan fingerprint density at radius 3 is 2.65 bits per heavy atom. The van der Waals surface area contributed by atoms with Crippen LogP contribution in [0.4, 0.5) is 5.69 Å². The van der Waals surface area contributed by atoms with Crippen LogP contribution in [0.3, 0.4) is 0 Å². The zero-order valence-corrected chi connectivity index (χ0v) is 22.2. The van der Waals surface area contributed by atoms with Gasteiger partial charge in [0.2, 0.25) is 0 Å². The van der Waals surface area contributed by atoms with Crippen LogP contribution in [0.15, 0.2) is 41.5 Å². The van der Waals surface area contributed by atoms with Gasteiger partial charge in [-0.1, -0.05) is 19.9 Å². The molecule has 9 heteroatoms. The number of aromatic nitrogens is 5. The highest BCUT2D eigenvalue weighted by atomic mass is 16.1. The van der Waals surface area contributed by atoms with Gasteiger partial charge in [0.15, 0.2) is 0 Å². The van der Waals surface area contributed by atoms with Crippen LogP contribution in [0.25, 0.3) is 22.1 Å². The van der Waals surface area contributed by atoms with E-state index in [4.69, 9.17) is 5.10 Å². The molecule has 0 amide bonds. The van der Waals surface area contributed by atoms with Crippen molar-refractivity contribution in [2.45, 2.75) is 65.2 Å². The maximum absolute atomic E-state index is 12.9. The van der Waals surface area contributed by atoms with Gasteiger partial charge in [-0.05, 0) is 44.4 Å². The van der Waals surface area contributed by atoms with Crippen molar-refractivity contribution in [3.8, 4) is 6.07 Å². The van der Waals surface area contributed by atoms with E-state index in [-0.39, 0.29) is 24.2 Å². The second-order valence-electron chi connectivity index (χ2n) is 10.1. The number of hydrogen-bond donors (Lipinski definition) is 0. The van der Waals surface area contributed by atoms with Crippen molar-refractivity contribution in [2.75, 3.05) is 18.0 Å². The highest BCUT2D eigenvalue weighted by Crippen LogP contribution is 2.34. The van der Waals surface area contributed by atoms with Gasteiger partial charge in [0.05, 0.1) is 40.2 Å². The summed E-state index contributed by atoms with van der Waals surface area (Å²) >= 11 is 0. The number of nitriles is 1. The summed E-state index contributed by atoms with van der Waals surface area (Å²) in [4.78, 5) is 27.1. The largest absolute Gasteiger partial charge is 0.364 e. The highest BCUT2D eigenvalue weighted by Gasteiger charge is 2.36. The molecular weight excluding hydrogens is 464 g/mol. The number of anilines is 1. The lowest BCUT2D eigenvalue weighted by molar-refractivity contribution is 0.101. The molecule has 1 saturated heterocycles. The second-order valence-corrected chi connectivity index (χ2v) is 10.1. The van der Waals surface area contributed by atoms with Crippen LogP contribution in [0.5, 0.6) is 0 Å². The fraction of sp³-hybridized carbons (Fsp3) is 0.464. The molecule has 5 rings (SSSR count). The quantitative estimate of drug-likeness (QED) is 0.397. The summed E-state index contributed by atoms with van der Waals surface area (Å²) in [5.41, 5.74) is 6.32. The summed E-state index contributed by atoms with van der Waals surface area (Å²) in [6, 6.07) is 11.0. The lowest BCUT2D eigenvalue weighted by atomic mass is 9.96. The van der Waals surface area contributed by atoms with Crippen LogP contribution < -0.4 is 10.5 Å². The second kappa shape index (κ2) is 9.94. The molecule has 4 heterocycles. The molecule has 4 aromatic rings. The number of aryl methyl sites for hydroxylation is 2. The van der Waals surface area contributed by atoms with Crippen molar-refractivity contribution in [1.29, 1.82) is 5.26 Å². The lowest BCUT2D eigenvalue weighted by Crippen LogP contribution is -2.58. The minimum absolute atomic E-state index is 0.0646. The molecule has 0 N–H and O–H groups in total. The summed E-state index contributed by atoms with van der Waals surface area (Å²) in [5.74, 6) is 0. The summed E-state index contributed by atoms with van der Waals surface area (Å²) in [6.45, 7) is 10.5. The van der Waals surface area contributed by atoms with E-state index in [1.54, 1.807) is 28.6 Å². The third kappa shape index (κ3) is 4.46. The number of fused-ring (bicyclic) bond motifs is 2. The molecule has 0 radical (unpaired) electrons. The van der Waals surface area contributed by atoms with E-state index in [1.165, 1.54) is 5.56 Å². The third-order valence-corrected chi connectivity index (χ3v) is 7.83. The first-order valence-electron chi connectivity index (χ1n) is 13.0. The summed E-state index contributed by atoms with van der Waals surface area (Å²) in [6.07, 6.45) is 5.54. The molecule has 37 heavy (non-hydrogen) atoms. The molecule has 1 aliphatic rings. The maximum atomic E-state index is 12.9. The first-order chi connectivity index (χ1) is 17.8. The van der Waals surface area contributed by atoms with Crippen LogP contribution in [0.1, 0.15) is 50.9 Å². The average molecular weight is 499 g/mol. The van der Waals surface area contributed by atoms with Crippen molar-refractivity contribution in [3.63, 3.8) is 0 Å². The normalized spacial score (nSPS) is 19.4. The van der Waals surface area contributed by atoms with Crippen LogP contribution >= 0.6 is 0 Å². The molecule has 0 saturated carbocycles. The van der Waals surface area contributed by atoms with Crippen molar-refractivity contribution in [3.05, 3.63) is 58.3 Å². The van der Waals surface area contributed by atoms with E-state index in [2.05, 4.69) is 64.8 Å². The van der Waals surface area contributed by atoms with Gasteiger partial charge in [-0.2, -0.15) is 10.4 Å². The number of rotatable bonds is 6. The van der Waals surface area contributed by atoms with Gasteiger partial charge in [0.1, 0.15) is 12.1 Å². The monoisotopic (exact) mass is 498 g/mol. The first-order valence-corrected chi connectivity index (χ1v) is 13.0. The Hall–Kier alpha value is -3.77. The van der Waals surface area contributed by atoms with E-state index in [0.717, 1.165) is 59.4 Å². The van der Waals surface area contributed by atoms with Gasteiger partial charge in [-0.3, -0.25) is 19.4 Å². The zero-order valence-electron chi connectivity index (χ0n) is 22.2. The van der Waals surface area contributed by atoms with Crippen LogP contribution in [-0.2, 0) is 13.6 Å². The predicted molar refractivity (Wildman–Crippen MR) is 145 cm³/mol. The fourth-order valence-electron chi connectivity index (χ4n) is 5.64. The Kier molecular flexibility index (Phi) is 6.69. The Balaban J connectivity index is 1.50. The topological polar surface area (TPSA) is 95.9 Å². The minimum Gasteiger partial charge on any atom is -0.364 e. The van der Waals surface area contributed by atoms with Gasteiger partial charge < -0.3 is 9.47 Å². The predicted octanol–water partition coefficient (Wildman–Crippen LogP) is 3.95. The average Bonchev–Trinajstić information content (AvgIpc) is 3.33. The van der Waals surface area contributed by atoms with E-state index >= 15 is 0 Å². The van der Waals surface area contributed by atoms with Crippen molar-refractivity contribution in [1.82, 2.24) is 29.2 Å². The molecule has 9 nitrogen and oxygen atoms in total. The number of benzene rings is 1. The molecule has 1 fully saturated rings. The number of nitrogens with zero attached hydrogens (tertiary/aromatic N) is 8. The van der Waals surface area contributed by atoms with E-state index in [1.807, 2.05) is 13.1 Å². The Morgan fingerprint density at radius 2 is 1.92 bits per heavy atom. The van der Waals surface area contributed by atoms with Gasteiger partial charge in [-0.25, -0.2) is 4.98 Å². The van der Waals surface area contributed by atoms with Gasteiger partial charge >= 0.3 is 0 Å². The smallest absolute Gasteiger partial charge is 0.252 e. The fourth-order valence-corrected chi connectivity index (χ4v) is 5.64. The molecular formula is C28H34N8O. The number of pyridine rings is 1. The standard InChI is InChI=1S/C28H34N8O/c1-6-21-16-36(25-13-27(37)33(5)26-17-34(11-10-29)32-28(25)26)22(7-2)15-35(21)19(4)20-8-9-23-24(12-20)30-14-18(3)31-23/h8-9,12-14,17,19,21-22H,6-7,11,15-16H2,1-5H3/t19?,21-,22+/m1/s1. The van der Waals surface area contributed by atoms with Crippen molar-refractivity contribution >= 4 is 27.8 Å². The number of hydrogen-bond acceptors (Lipinski definition) is 7. The van der Waals surface area contributed by atoms with Crippen LogP contribution in [0.2, 0.25) is 0 Å². The molecule has 192 valence electrons. The number of piperazine rings is 1. The molecule has 1 aliphatic heterocycles. The minimum atomic E-state index is -0.0646. The van der Waals surface area contributed by atoms with Gasteiger partial charge in [0.25, 0.3) is 5.56 Å². The van der Waals surface area contributed by atoms with Gasteiger partial charge in [0, 0.05) is 50.5 Å². The molecule has 3 aromatic heterocycles. The van der Waals surface area contributed by atoms with Gasteiger partial charge in [-0.15, -0.1) is 0 Å². The molecule has 0 aliphatic carbocycles. The van der Waals surface area contributed by atoms with Crippen molar-refractivity contribution in [2.24, 2.45) is 7.05 Å². The van der Waals surface area contributed by atoms with Crippen molar-refractivity contribution < 1.29 is 0 Å². The lowest BCUT2D eigenvalue weighted by Gasteiger charge is -2.49. The van der Waals surface area contributed by atoms with E-state index < -0.39 is 0 Å².